The second-order valence-electron chi connectivity index (χ2n) is 4.42. The van der Waals surface area contributed by atoms with Crippen LogP contribution in [-0.4, -0.2) is 11.1 Å². The molecule has 5 heteroatoms. The lowest BCUT2D eigenvalue weighted by atomic mass is 10.1. The molecule has 0 fully saturated rings. The monoisotopic (exact) mass is 270 g/mol. The highest BCUT2D eigenvalue weighted by Gasteiger charge is 2.15. The number of halogens is 1. The number of fused-ring (bicyclic) bond motifs is 1. The molecule has 3 aromatic rings. The zero-order valence-electron chi connectivity index (χ0n) is 10.7. The Balaban J connectivity index is 1.96. The van der Waals surface area contributed by atoms with Gasteiger partial charge in [-0.15, -0.1) is 0 Å². The van der Waals surface area contributed by atoms with Gasteiger partial charge >= 0.3 is 0 Å². The highest BCUT2D eigenvalue weighted by atomic mass is 19.1. The number of carbonyl (C=O) groups excluding carboxylic acids is 1. The predicted octanol–water partition coefficient (Wildman–Crippen LogP) is 3.53. The number of nitrogens with zero attached hydrogens (tertiary/aromatic N) is 1. The summed E-state index contributed by atoms with van der Waals surface area (Å²) in [5, 5.41) is 6.78. The average Bonchev–Trinajstić information content (AvgIpc) is 2.84. The number of anilines is 1. The number of hydrogen-bond donors (Lipinski definition) is 1. The Bertz CT molecular complexity index is 795. The van der Waals surface area contributed by atoms with Gasteiger partial charge in [0, 0.05) is 5.56 Å². The largest absolute Gasteiger partial charge is 0.351 e. The van der Waals surface area contributed by atoms with Crippen molar-refractivity contribution in [3.05, 3.63) is 59.4 Å². The van der Waals surface area contributed by atoms with Crippen LogP contribution >= 0.6 is 0 Å². The van der Waals surface area contributed by atoms with E-state index in [1.165, 1.54) is 12.1 Å². The lowest BCUT2D eigenvalue weighted by Gasteiger charge is -2.04. The number of amides is 1. The normalized spacial score (nSPS) is 10.7. The van der Waals surface area contributed by atoms with Gasteiger partial charge in [-0.2, -0.15) is 0 Å². The molecule has 1 heterocycles. The first-order valence-corrected chi connectivity index (χ1v) is 6.07. The van der Waals surface area contributed by atoms with E-state index in [9.17, 15) is 9.18 Å². The van der Waals surface area contributed by atoms with Crippen LogP contribution in [0.5, 0.6) is 0 Å². The van der Waals surface area contributed by atoms with Gasteiger partial charge in [0.2, 0.25) is 5.58 Å². The van der Waals surface area contributed by atoms with Gasteiger partial charge in [0.05, 0.1) is 5.39 Å². The molecule has 0 radical (unpaired) electrons. The van der Waals surface area contributed by atoms with Crippen LogP contribution in [0, 0.1) is 12.7 Å². The summed E-state index contributed by atoms with van der Waals surface area (Å²) >= 11 is 0. The zero-order chi connectivity index (χ0) is 14.1. The van der Waals surface area contributed by atoms with Crippen LogP contribution in [0.4, 0.5) is 10.2 Å². The van der Waals surface area contributed by atoms with Gasteiger partial charge in [0.15, 0.2) is 11.6 Å². The number of carbonyl (C=O) groups is 1. The summed E-state index contributed by atoms with van der Waals surface area (Å²) in [6.45, 7) is 1.84. The van der Waals surface area contributed by atoms with E-state index in [-0.39, 0.29) is 17.3 Å². The third-order valence-corrected chi connectivity index (χ3v) is 3.07. The second-order valence-corrected chi connectivity index (χ2v) is 4.42. The molecule has 1 N–H and O–H groups in total. The fourth-order valence-corrected chi connectivity index (χ4v) is 2.02. The van der Waals surface area contributed by atoms with Crippen molar-refractivity contribution in [2.45, 2.75) is 6.92 Å². The van der Waals surface area contributed by atoms with Crippen molar-refractivity contribution in [2.24, 2.45) is 0 Å². The van der Waals surface area contributed by atoms with Crippen molar-refractivity contribution in [2.75, 3.05) is 5.32 Å². The molecule has 1 aromatic heterocycles. The Labute approximate surface area is 114 Å². The van der Waals surface area contributed by atoms with E-state index >= 15 is 0 Å². The van der Waals surface area contributed by atoms with Crippen molar-refractivity contribution in [3.63, 3.8) is 0 Å². The van der Waals surface area contributed by atoms with Crippen LogP contribution < -0.4 is 5.32 Å². The van der Waals surface area contributed by atoms with E-state index in [0.717, 1.165) is 5.56 Å². The maximum absolute atomic E-state index is 13.5. The number of aryl methyl sites for hydroxylation is 1. The van der Waals surface area contributed by atoms with Gasteiger partial charge in [-0.3, -0.25) is 4.79 Å². The molecule has 1 amide bonds. The van der Waals surface area contributed by atoms with Gasteiger partial charge in [0.25, 0.3) is 5.91 Å². The van der Waals surface area contributed by atoms with Crippen molar-refractivity contribution < 1.29 is 13.7 Å². The zero-order valence-corrected chi connectivity index (χ0v) is 10.7. The van der Waals surface area contributed by atoms with Crippen LogP contribution in [0.15, 0.2) is 47.0 Å². The van der Waals surface area contributed by atoms with E-state index < -0.39 is 5.82 Å². The number of nitrogens with one attached hydrogen (secondary N) is 1. The lowest BCUT2D eigenvalue weighted by Crippen LogP contribution is -2.13. The van der Waals surface area contributed by atoms with E-state index in [1.807, 2.05) is 19.1 Å². The molecule has 0 aliphatic rings. The second kappa shape index (κ2) is 4.77. The summed E-state index contributed by atoms with van der Waals surface area (Å²) < 4.78 is 18.4. The Morgan fingerprint density at radius 3 is 2.80 bits per heavy atom. The highest BCUT2D eigenvalue weighted by Crippen LogP contribution is 2.25. The first-order chi connectivity index (χ1) is 9.66. The molecule has 0 aliphatic carbocycles. The SMILES string of the molecule is Cc1ccccc1C(=O)Nc1noc2c(F)cccc12. The Morgan fingerprint density at radius 2 is 2.00 bits per heavy atom. The van der Waals surface area contributed by atoms with Gasteiger partial charge in [-0.05, 0) is 30.7 Å². The Hall–Kier alpha value is -2.69. The molecule has 0 bridgehead atoms. The molecular formula is C15H11FN2O2. The fourth-order valence-electron chi connectivity index (χ4n) is 2.02. The smallest absolute Gasteiger partial charge is 0.257 e. The van der Waals surface area contributed by atoms with Crippen molar-refractivity contribution >= 4 is 22.7 Å². The summed E-state index contributed by atoms with van der Waals surface area (Å²) in [4.78, 5) is 12.2. The molecular weight excluding hydrogens is 259 g/mol. The lowest BCUT2D eigenvalue weighted by molar-refractivity contribution is 0.102. The third-order valence-electron chi connectivity index (χ3n) is 3.07. The van der Waals surface area contributed by atoms with E-state index in [1.54, 1.807) is 18.2 Å². The molecule has 0 unspecified atom stereocenters. The molecule has 4 nitrogen and oxygen atoms in total. The van der Waals surface area contributed by atoms with Crippen LogP contribution in [-0.2, 0) is 0 Å². The minimum Gasteiger partial charge on any atom is -0.351 e. The molecule has 100 valence electrons. The van der Waals surface area contributed by atoms with Gasteiger partial charge in [-0.1, -0.05) is 29.4 Å². The van der Waals surface area contributed by atoms with Crippen LogP contribution in [0.2, 0.25) is 0 Å². The summed E-state index contributed by atoms with van der Waals surface area (Å²) in [6.07, 6.45) is 0. The number of aromatic nitrogens is 1. The molecule has 0 aliphatic heterocycles. The molecule has 0 atom stereocenters. The number of para-hydroxylation sites is 1. The van der Waals surface area contributed by atoms with Crippen LogP contribution in [0.1, 0.15) is 15.9 Å². The van der Waals surface area contributed by atoms with Gasteiger partial charge in [0.1, 0.15) is 0 Å². The molecule has 0 spiro atoms. The van der Waals surface area contributed by atoms with E-state index in [0.29, 0.717) is 10.9 Å². The standard InChI is InChI=1S/C15H11FN2O2/c1-9-5-2-3-6-10(9)15(19)17-14-11-7-4-8-12(16)13(11)20-18-14/h2-8H,1H3,(H,17,18,19). The van der Waals surface area contributed by atoms with Gasteiger partial charge in [-0.25, -0.2) is 4.39 Å². The first kappa shape index (κ1) is 12.3. The minimum absolute atomic E-state index is 0.0348. The van der Waals surface area contributed by atoms with E-state index in [2.05, 4.69) is 10.5 Å². The van der Waals surface area contributed by atoms with Crippen LogP contribution in [0.3, 0.4) is 0 Å². The number of benzene rings is 2. The quantitative estimate of drug-likeness (QED) is 0.775. The summed E-state index contributed by atoms with van der Waals surface area (Å²) in [5.41, 5.74) is 1.43. The van der Waals surface area contributed by atoms with Crippen molar-refractivity contribution in [3.8, 4) is 0 Å². The summed E-state index contributed by atoms with van der Waals surface area (Å²) in [5.74, 6) is -0.596. The third kappa shape index (κ3) is 2.03. The van der Waals surface area contributed by atoms with Crippen molar-refractivity contribution in [1.82, 2.24) is 5.16 Å². The maximum atomic E-state index is 13.5. The maximum Gasteiger partial charge on any atom is 0.257 e. The van der Waals surface area contributed by atoms with Gasteiger partial charge < -0.3 is 9.84 Å². The predicted molar refractivity (Wildman–Crippen MR) is 73.1 cm³/mol. The Morgan fingerprint density at radius 1 is 1.20 bits per heavy atom. The number of hydrogen-bond acceptors (Lipinski definition) is 3. The molecule has 20 heavy (non-hydrogen) atoms. The number of rotatable bonds is 2. The van der Waals surface area contributed by atoms with E-state index in [4.69, 9.17) is 4.52 Å². The summed E-state index contributed by atoms with van der Waals surface area (Å²) in [7, 11) is 0. The molecule has 0 saturated heterocycles. The Kier molecular flexibility index (Phi) is 2.95. The molecule has 3 rings (SSSR count). The average molecular weight is 270 g/mol. The fraction of sp³-hybridized carbons (Fsp3) is 0.0667. The van der Waals surface area contributed by atoms with Crippen LogP contribution in [0.25, 0.3) is 11.0 Å². The molecule has 2 aromatic carbocycles. The highest BCUT2D eigenvalue weighted by molar-refractivity contribution is 6.08. The minimum atomic E-state index is -0.508. The first-order valence-electron chi connectivity index (χ1n) is 6.07. The topological polar surface area (TPSA) is 55.1 Å². The molecule has 0 saturated carbocycles. The summed E-state index contributed by atoms with van der Waals surface area (Å²) in [6, 6.07) is 11.7. The van der Waals surface area contributed by atoms with Crippen molar-refractivity contribution in [1.29, 1.82) is 0 Å².